The Bertz CT molecular complexity index is 611. The van der Waals surface area contributed by atoms with Crippen molar-refractivity contribution in [3.8, 4) is 0 Å². The summed E-state index contributed by atoms with van der Waals surface area (Å²) in [5.41, 5.74) is 0. The van der Waals surface area contributed by atoms with Crippen LogP contribution < -0.4 is 4.72 Å². The molecule has 1 N–H and O–H groups in total. The molecular weight excluding hydrogens is 370 g/mol. The van der Waals surface area contributed by atoms with E-state index >= 15 is 0 Å². The smallest absolute Gasteiger partial charge is 0.215 e. The third-order valence-electron chi connectivity index (χ3n) is 8.18. The highest BCUT2D eigenvalue weighted by Gasteiger charge is 2.46. The number of hydrogen-bond donors (Lipinski definition) is 1. The molecule has 0 bridgehead atoms. The van der Waals surface area contributed by atoms with E-state index < -0.39 is 10.0 Å². The number of nitrogens with one attached hydrogen (secondary N) is 1. The molecule has 4 rings (SSSR count). The van der Waals surface area contributed by atoms with Crippen LogP contribution in [0.2, 0.25) is 0 Å². The third-order valence-corrected chi connectivity index (χ3v) is 10.2. The SMILES string of the molecule is CN(C)C1CCCC2C1CCCC2S(=O)(=O)NC1CN(CC2CCCCC2)C1. The first-order chi connectivity index (χ1) is 13.4. The highest BCUT2D eigenvalue weighted by Crippen LogP contribution is 2.44. The van der Waals surface area contributed by atoms with Crippen molar-refractivity contribution in [2.45, 2.75) is 88.0 Å². The summed E-state index contributed by atoms with van der Waals surface area (Å²) in [5.74, 6) is 1.75. The van der Waals surface area contributed by atoms with Crippen molar-refractivity contribution in [3.63, 3.8) is 0 Å². The number of fused-ring (bicyclic) bond motifs is 1. The molecule has 1 saturated heterocycles. The van der Waals surface area contributed by atoms with Gasteiger partial charge in [0.1, 0.15) is 0 Å². The van der Waals surface area contributed by atoms with E-state index in [1.54, 1.807) is 0 Å². The Kier molecular flexibility index (Phi) is 6.70. The van der Waals surface area contributed by atoms with Gasteiger partial charge in [-0.05, 0) is 70.4 Å². The predicted octanol–water partition coefficient (Wildman–Crippen LogP) is 3.07. The maximum atomic E-state index is 13.3. The maximum Gasteiger partial charge on any atom is 0.215 e. The lowest BCUT2D eigenvalue weighted by Crippen LogP contribution is -2.62. The van der Waals surface area contributed by atoms with Crippen molar-refractivity contribution in [1.29, 1.82) is 0 Å². The minimum atomic E-state index is -3.21. The molecule has 0 spiro atoms. The van der Waals surface area contributed by atoms with Crippen LogP contribution in [0.25, 0.3) is 0 Å². The number of likely N-dealkylation sites (tertiary alicyclic amines) is 1. The Labute approximate surface area is 172 Å². The van der Waals surface area contributed by atoms with Gasteiger partial charge in [0, 0.05) is 31.7 Å². The molecule has 0 aromatic rings. The molecule has 0 aromatic carbocycles. The summed E-state index contributed by atoms with van der Waals surface area (Å²) in [6.45, 7) is 3.00. The van der Waals surface area contributed by atoms with Gasteiger partial charge in [-0.15, -0.1) is 0 Å². The molecule has 28 heavy (non-hydrogen) atoms. The first-order valence-electron chi connectivity index (χ1n) is 11.8. The van der Waals surface area contributed by atoms with Gasteiger partial charge in [-0.1, -0.05) is 32.1 Å². The number of hydrogen-bond acceptors (Lipinski definition) is 4. The summed E-state index contributed by atoms with van der Waals surface area (Å²) in [5, 5.41) is -0.165. The largest absolute Gasteiger partial charge is 0.306 e. The Morgan fingerprint density at radius 3 is 2.25 bits per heavy atom. The minimum Gasteiger partial charge on any atom is -0.306 e. The van der Waals surface area contributed by atoms with Gasteiger partial charge in [0.15, 0.2) is 0 Å². The first-order valence-corrected chi connectivity index (χ1v) is 13.4. The van der Waals surface area contributed by atoms with Gasteiger partial charge < -0.3 is 4.90 Å². The summed E-state index contributed by atoms with van der Waals surface area (Å²) < 4.78 is 29.7. The first kappa shape index (κ1) is 21.1. The molecule has 0 amide bonds. The van der Waals surface area contributed by atoms with Gasteiger partial charge >= 0.3 is 0 Å². The molecule has 5 nitrogen and oxygen atoms in total. The Morgan fingerprint density at radius 1 is 0.857 bits per heavy atom. The zero-order chi connectivity index (χ0) is 19.7. The topological polar surface area (TPSA) is 52.7 Å². The van der Waals surface area contributed by atoms with Crippen molar-refractivity contribution in [2.24, 2.45) is 17.8 Å². The van der Waals surface area contributed by atoms with Crippen molar-refractivity contribution in [2.75, 3.05) is 33.7 Å². The van der Waals surface area contributed by atoms with Crippen LogP contribution in [0.15, 0.2) is 0 Å². The van der Waals surface area contributed by atoms with Crippen LogP contribution >= 0.6 is 0 Å². The molecule has 1 aliphatic heterocycles. The zero-order valence-corrected chi connectivity index (χ0v) is 18.8. The average Bonchev–Trinajstić information content (AvgIpc) is 2.66. The standard InChI is InChI=1S/C22H41N3O2S/c1-24(2)21-12-6-11-20-19(21)10-7-13-22(20)28(26,27)23-18-15-25(16-18)14-17-8-4-3-5-9-17/h17-23H,3-16H2,1-2H3. The third kappa shape index (κ3) is 4.60. The van der Waals surface area contributed by atoms with E-state index in [0.29, 0.717) is 17.9 Å². The molecule has 4 fully saturated rings. The van der Waals surface area contributed by atoms with Crippen molar-refractivity contribution in [3.05, 3.63) is 0 Å². The van der Waals surface area contributed by atoms with E-state index in [1.165, 1.54) is 57.9 Å². The van der Waals surface area contributed by atoms with E-state index in [9.17, 15) is 8.42 Å². The van der Waals surface area contributed by atoms with Crippen molar-refractivity contribution < 1.29 is 8.42 Å². The second-order valence-electron chi connectivity index (χ2n) is 10.3. The van der Waals surface area contributed by atoms with Crippen LogP contribution in [0.1, 0.15) is 70.6 Å². The van der Waals surface area contributed by atoms with Gasteiger partial charge in [0.25, 0.3) is 0 Å². The number of rotatable bonds is 6. The van der Waals surface area contributed by atoms with Crippen LogP contribution in [0, 0.1) is 17.8 Å². The van der Waals surface area contributed by atoms with Gasteiger partial charge in [0.2, 0.25) is 10.0 Å². The summed E-state index contributed by atoms with van der Waals surface area (Å²) in [6, 6.07) is 0.702. The summed E-state index contributed by atoms with van der Waals surface area (Å²) >= 11 is 0. The number of sulfonamides is 1. The molecule has 1 heterocycles. The summed E-state index contributed by atoms with van der Waals surface area (Å²) in [6.07, 6.45) is 13.5. The van der Waals surface area contributed by atoms with Crippen molar-refractivity contribution in [1.82, 2.24) is 14.5 Å². The Hall–Kier alpha value is -0.170. The molecule has 0 radical (unpaired) electrons. The van der Waals surface area contributed by atoms with E-state index in [4.69, 9.17) is 0 Å². The van der Waals surface area contributed by atoms with Gasteiger partial charge in [-0.25, -0.2) is 13.1 Å². The van der Waals surface area contributed by atoms with E-state index in [0.717, 1.165) is 38.3 Å². The van der Waals surface area contributed by atoms with Crippen LogP contribution in [-0.4, -0.2) is 69.3 Å². The van der Waals surface area contributed by atoms with E-state index in [2.05, 4.69) is 28.6 Å². The highest BCUT2D eigenvalue weighted by molar-refractivity contribution is 7.90. The van der Waals surface area contributed by atoms with Gasteiger partial charge in [-0.3, -0.25) is 4.90 Å². The lowest BCUT2D eigenvalue weighted by atomic mass is 9.68. The van der Waals surface area contributed by atoms with Gasteiger partial charge in [0.05, 0.1) is 5.25 Å². The summed E-state index contributed by atoms with van der Waals surface area (Å²) in [4.78, 5) is 4.81. The molecule has 3 saturated carbocycles. The molecule has 162 valence electrons. The fraction of sp³-hybridized carbons (Fsp3) is 1.00. The zero-order valence-electron chi connectivity index (χ0n) is 18.0. The van der Waals surface area contributed by atoms with Crippen LogP contribution in [0.5, 0.6) is 0 Å². The second kappa shape index (κ2) is 8.91. The Morgan fingerprint density at radius 2 is 1.54 bits per heavy atom. The van der Waals surface area contributed by atoms with E-state index in [1.807, 2.05) is 0 Å². The Balaban J connectivity index is 1.31. The quantitative estimate of drug-likeness (QED) is 0.730. The average molecular weight is 412 g/mol. The fourth-order valence-corrected chi connectivity index (χ4v) is 8.85. The minimum absolute atomic E-state index is 0.141. The normalized spacial score (nSPS) is 36.2. The fourth-order valence-electron chi connectivity index (χ4n) is 6.79. The molecule has 0 aromatic heterocycles. The second-order valence-corrected chi connectivity index (χ2v) is 12.3. The molecule has 4 aliphatic rings. The molecule has 6 heteroatoms. The molecule has 4 atom stereocenters. The van der Waals surface area contributed by atoms with Crippen LogP contribution in [0.4, 0.5) is 0 Å². The van der Waals surface area contributed by atoms with E-state index in [-0.39, 0.29) is 11.3 Å². The summed E-state index contributed by atoms with van der Waals surface area (Å²) in [7, 11) is 1.12. The van der Waals surface area contributed by atoms with Crippen LogP contribution in [0.3, 0.4) is 0 Å². The van der Waals surface area contributed by atoms with Gasteiger partial charge in [-0.2, -0.15) is 0 Å². The molecule has 3 aliphatic carbocycles. The monoisotopic (exact) mass is 411 g/mol. The lowest BCUT2D eigenvalue weighted by molar-refractivity contribution is 0.0703. The lowest BCUT2D eigenvalue weighted by Gasteiger charge is -2.48. The van der Waals surface area contributed by atoms with Crippen molar-refractivity contribution >= 4 is 10.0 Å². The van der Waals surface area contributed by atoms with Crippen LogP contribution in [-0.2, 0) is 10.0 Å². The maximum absolute atomic E-state index is 13.3. The highest BCUT2D eigenvalue weighted by atomic mass is 32.2. The molecular formula is C22H41N3O2S. The number of nitrogens with zero attached hydrogens (tertiary/aromatic N) is 2. The molecule has 4 unspecified atom stereocenters. The predicted molar refractivity (Wildman–Crippen MR) is 115 cm³/mol.